The predicted octanol–water partition coefficient (Wildman–Crippen LogP) is 3.32. The van der Waals surface area contributed by atoms with Gasteiger partial charge in [0.05, 0.1) is 23.9 Å². The Morgan fingerprint density at radius 1 is 1.30 bits per heavy atom. The molecule has 3 aromatic heterocycles. The molecule has 1 saturated carbocycles. The van der Waals surface area contributed by atoms with Gasteiger partial charge in [0.1, 0.15) is 16.9 Å². The lowest BCUT2D eigenvalue weighted by Gasteiger charge is -2.41. The molecular formula is C28H34N6O3. The average molecular weight is 503 g/mol. The quantitative estimate of drug-likeness (QED) is 0.433. The van der Waals surface area contributed by atoms with E-state index in [4.69, 9.17) is 15.5 Å². The zero-order valence-corrected chi connectivity index (χ0v) is 21.6. The molecule has 194 valence electrons. The van der Waals surface area contributed by atoms with Crippen LogP contribution >= 0.6 is 0 Å². The van der Waals surface area contributed by atoms with Crippen molar-refractivity contribution in [3.8, 4) is 17.3 Å². The number of aromatic nitrogens is 4. The molecule has 0 bridgehead atoms. The fraction of sp³-hybridized carbons (Fsp3) is 0.464. The van der Waals surface area contributed by atoms with Crippen LogP contribution in [0.4, 0.5) is 0 Å². The molecule has 1 saturated heterocycles. The number of likely N-dealkylation sites (tertiary alicyclic amines) is 1. The lowest BCUT2D eigenvalue weighted by molar-refractivity contribution is -0.0613. The van der Waals surface area contributed by atoms with Crippen LogP contribution in [-0.2, 0) is 13.6 Å². The summed E-state index contributed by atoms with van der Waals surface area (Å²) in [7, 11) is 3.60. The average Bonchev–Trinajstić information content (AvgIpc) is 3.39. The largest absolute Gasteiger partial charge is 0.494 e. The van der Waals surface area contributed by atoms with Crippen LogP contribution in [0.1, 0.15) is 43.0 Å². The minimum absolute atomic E-state index is 0.0136. The summed E-state index contributed by atoms with van der Waals surface area (Å²) in [5.74, 6) is 1.72. The fourth-order valence-electron chi connectivity index (χ4n) is 6.22. The van der Waals surface area contributed by atoms with E-state index in [-0.39, 0.29) is 11.9 Å². The summed E-state index contributed by atoms with van der Waals surface area (Å²) >= 11 is 0. The van der Waals surface area contributed by atoms with Gasteiger partial charge in [0, 0.05) is 49.9 Å². The number of piperidine rings is 1. The number of hydrogen-bond donors (Lipinski definition) is 2. The smallest absolute Gasteiger partial charge is 0.254 e. The fourth-order valence-corrected chi connectivity index (χ4v) is 6.22. The number of nitrogens with zero attached hydrogens (tertiary/aromatic N) is 5. The summed E-state index contributed by atoms with van der Waals surface area (Å²) in [5, 5.41) is 11.3. The number of amides is 1. The molecule has 6 rings (SSSR count). The third-order valence-electron chi connectivity index (χ3n) is 7.93. The number of hydrogen-bond acceptors (Lipinski definition) is 6. The van der Waals surface area contributed by atoms with E-state index in [1.165, 1.54) is 0 Å². The van der Waals surface area contributed by atoms with Gasteiger partial charge >= 0.3 is 0 Å². The SMILES string of the molecule is COc1cc(C(=O)N2CCC[C@@H](N)C2)cc2nc(-c3cc4cccnc4n3CC3CC(C)(O)C3)n(C)c12. The van der Waals surface area contributed by atoms with Gasteiger partial charge in [-0.15, -0.1) is 0 Å². The Morgan fingerprint density at radius 2 is 2.11 bits per heavy atom. The highest BCUT2D eigenvalue weighted by molar-refractivity contribution is 6.00. The number of aliphatic hydroxyl groups is 1. The maximum Gasteiger partial charge on any atom is 0.254 e. The van der Waals surface area contributed by atoms with Crippen molar-refractivity contribution in [2.75, 3.05) is 20.2 Å². The van der Waals surface area contributed by atoms with E-state index in [2.05, 4.69) is 21.7 Å². The van der Waals surface area contributed by atoms with Gasteiger partial charge in [0.2, 0.25) is 0 Å². The van der Waals surface area contributed by atoms with Crippen molar-refractivity contribution in [1.29, 1.82) is 0 Å². The van der Waals surface area contributed by atoms with Gasteiger partial charge in [-0.3, -0.25) is 4.79 Å². The molecule has 1 atom stereocenters. The molecule has 0 spiro atoms. The number of carbonyl (C=O) groups excluding carboxylic acids is 1. The maximum absolute atomic E-state index is 13.4. The predicted molar refractivity (Wildman–Crippen MR) is 142 cm³/mol. The van der Waals surface area contributed by atoms with Gasteiger partial charge in [-0.2, -0.15) is 0 Å². The highest BCUT2D eigenvalue weighted by Crippen LogP contribution is 2.40. The molecule has 1 aromatic carbocycles. The van der Waals surface area contributed by atoms with Crippen LogP contribution in [0.2, 0.25) is 0 Å². The standard InChI is InChI=1S/C28H34N6O3/c1-28(36)13-17(14-28)15-34-22(11-18-6-4-8-30-25(18)34)26-31-21-10-19(12-23(37-3)24(21)32(26)2)27(35)33-9-5-7-20(29)16-33/h4,6,8,10-12,17,20,36H,5,7,9,13-16,29H2,1-3H3/t17?,20-,28?/m1/s1. The minimum atomic E-state index is -0.590. The number of ether oxygens (including phenoxy) is 1. The van der Waals surface area contributed by atoms with Gasteiger partial charge in [-0.05, 0) is 68.9 Å². The number of benzene rings is 1. The summed E-state index contributed by atoms with van der Waals surface area (Å²) in [6, 6.07) is 9.80. The summed E-state index contributed by atoms with van der Waals surface area (Å²) < 4.78 is 10.00. The van der Waals surface area contributed by atoms with Crippen LogP contribution in [-0.4, -0.2) is 66.9 Å². The van der Waals surface area contributed by atoms with Crippen molar-refractivity contribution in [1.82, 2.24) is 24.0 Å². The van der Waals surface area contributed by atoms with Crippen LogP contribution in [0, 0.1) is 5.92 Å². The van der Waals surface area contributed by atoms with Crippen LogP contribution in [0.15, 0.2) is 36.5 Å². The number of nitrogens with two attached hydrogens (primary N) is 1. The summed E-state index contributed by atoms with van der Waals surface area (Å²) in [5.41, 5.74) is 9.49. The highest BCUT2D eigenvalue weighted by atomic mass is 16.5. The Balaban J connectivity index is 1.44. The number of aryl methyl sites for hydroxylation is 1. The molecule has 0 unspecified atom stereocenters. The molecule has 0 radical (unpaired) electrons. The van der Waals surface area contributed by atoms with Gasteiger partial charge in [-0.25, -0.2) is 9.97 Å². The number of rotatable bonds is 5. The van der Waals surface area contributed by atoms with Crippen molar-refractivity contribution in [3.63, 3.8) is 0 Å². The first kappa shape index (κ1) is 23.9. The Hall–Kier alpha value is -3.43. The van der Waals surface area contributed by atoms with Crippen LogP contribution in [0.5, 0.6) is 5.75 Å². The molecule has 4 aromatic rings. The van der Waals surface area contributed by atoms with Crippen LogP contribution in [0.25, 0.3) is 33.6 Å². The van der Waals surface area contributed by atoms with E-state index < -0.39 is 5.60 Å². The van der Waals surface area contributed by atoms with E-state index in [9.17, 15) is 9.90 Å². The molecular weight excluding hydrogens is 468 g/mol. The zero-order valence-electron chi connectivity index (χ0n) is 21.6. The van der Waals surface area contributed by atoms with Gasteiger partial charge in [0.25, 0.3) is 5.91 Å². The van der Waals surface area contributed by atoms with Gasteiger partial charge in [0.15, 0.2) is 5.82 Å². The molecule has 1 aliphatic heterocycles. The lowest BCUT2D eigenvalue weighted by Crippen LogP contribution is -2.45. The monoisotopic (exact) mass is 502 g/mol. The Labute approximate surface area is 215 Å². The molecule has 9 nitrogen and oxygen atoms in total. The van der Waals surface area contributed by atoms with Gasteiger partial charge < -0.3 is 29.6 Å². The number of imidazole rings is 1. The molecule has 2 fully saturated rings. The first-order valence-electron chi connectivity index (χ1n) is 13.0. The minimum Gasteiger partial charge on any atom is -0.494 e. The van der Waals surface area contributed by atoms with E-state index >= 15 is 0 Å². The number of pyridine rings is 1. The summed E-state index contributed by atoms with van der Waals surface area (Å²) in [4.78, 5) is 24.9. The van der Waals surface area contributed by atoms with E-state index in [1.54, 1.807) is 7.11 Å². The topological polar surface area (TPSA) is 111 Å². The highest BCUT2D eigenvalue weighted by Gasteiger charge is 2.39. The second kappa shape index (κ2) is 8.85. The van der Waals surface area contributed by atoms with E-state index in [1.807, 2.05) is 47.8 Å². The van der Waals surface area contributed by atoms with Crippen molar-refractivity contribution >= 4 is 28.0 Å². The molecule has 4 heterocycles. The Bertz CT molecular complexity index is 1490. The lowest BCUT2D eigenvalue weighted by atomic mass is 9.72. The third kappa shape index (κ3) is 4.16. The molecule has 1 amide bonds. The summed E-state index contributed by atoms with van der Waals surface area (Å²) in [6.45, 7) is 3.92. The van der Waals surface area contributed by atoms with Crippen LogP contribution in [0.3, 0.4) is 0 Å². The maximum atomic E-state index is 13.4. The molecule has 3 N–H and O–H groups in total. The van der Waals surface area contributed by atoms with E-state index in [0.29, 0.717) is 35.8 Å². The molecule has 9 heteroatoms. The van der Waals surface area contributed by atoms with E-state index in [0.717, 1.165) is 60.3 Å². The van der Waals surface area contributed by atoms with Gasteiger partial charge in [-0.1, -0.05) is 0 Å². The molecule has 2 aliphatic rings. The molecule has 37 heavy (non-hydrogen) atoms. The van der Waals surface area contributed by atoms with Crippen molar-refractivity contribution in [3.05, 3.63) is 42.1 Å². The van der Waals surface area contributed by atoms with Crippen molar-refractivity contribution in [2.45, 2.75) is 50.8 Å². The Morgan fingerprint density at radius 3 is 2.84 bits per heavy atom. The molecule has 1 aliphatic carbocycles. The second-order valence-corrected chi connectivity index (χ2v) is 11.0. The number of methoxy groups -OCH3 is 1. The Kier molecular flexibility index (Phi) is 5.72. The van der Waals surface area contributed by atoms with Crippen LogP contribution < -0.4 is 10.5 Å². The van der Waals surface area contributed by atoms with Crippen molar-refractivity contribution in [2.24, 2.45) is 18.7 Å². The zero-order chi connectivity index (χ0) is 25.9. The second-order valence-electron chi connectivity index (χ2n) is 11.0. The third-order valence-corrected chi connectivity index (χ3v) is 7.93. The number of carbonyl (C=O) groups is 1. The summed E-state index contributed by atoms with van der Waals surface area (Å²) in [6.07, 6.45) is 5.19. The number of fused-ring (bicyclic) bond motifs is 2. The first-order valence-corrected chi connectivity index (χ1v) is 13.0. The first-order chi connectivity index (χ1) is 17.7. The normalized spacial score (nSPS) is 24.0. The van der Waals surface area contributed by atoms with Crippen molar-refractivity contribution < 1.29 is 14.6 Å².